The second-order valence-corrected chi connectivity index (χ2v) is 12.3. The van der Waals surface area contributed by atoms with Crippen molar-refractivity contribution in [1.29, 1.82) is 0 Å². The molecule has 2 amide bonds. The second-order valence-electron chi connectivity index (χ2n) is 10.5. The molecule has 0 aromatic heterocycles. The topological polar surface area (TPSA) is 106 Å². The molecule has 10 nitrogen and oxygen atoms in total. The molecule has 3 aliphatic heterocycles. The van der Waals surface area contributed by atoms with E-state index in [2.05, 4.69) is 21.9 Å². The molecule has 6 rings (SSSR count). The van der Waals surface area contributed by atoms with E-state index < -0.39 is 23.6 Å². The number of piperazine rings is 1. The number of imide groups is 1. The molecule has 3 aromatic carbocycles. The third-order valence-corrected chi connectivity index (χ3v) is 9.28. The Hall–Kier alpha value is -4.26. The molecule has 2 saturated heterocycles. The highest BCUT2D eigenvalue weighted by atomic mass is 32.2. The number of hydrogen-bond donors (Lipinski definition) is 0. The number of carbonyl (C=O) groups is 4. The molecule has 1 unspecified atom stereocenters. The Bertz CT molecular complexity index is 1590. The summed E-state index contributed by atoms with van der Waals surface area (Å²) in [4.78, 5) is 56.8. The van der Waals surface area contributed by atoms with Crippen molar-refractivity contribution in [3.63, 3.8) is 0 Å². The van der Waals surface area contributed by atoms with Crippen LogP contribution in [-0.4, -0.2) is 82.5 Å². The number of hydrogen-bond acceptors (Lipinski definition) is 10. The maximum absolute atomic E-state index is 13.2. The number of benzene rings is 3. The van der Waals surface area contributed by atoms with Crippen molar-refractivity contribution >= 4 is 57.6 Å². The number of Topliss-reactive ketones (excluding diaryl/α,β-unsaturated/α-hetero) is 1. The smallest absolute Gasteiger partial charge is 0.338 e. The van der Waals surface area contributed by atoms with Crippen LogP contribution < -0.4 is 14.4 Å². The van der Waals surface area contributed by atoms with E-state index in [9.17, 15) is 19.2 Å². The summed E-state index contributed by atoms with van der Waals surface area (Å²) in [5.41, 5.74) is 2.15. The summed E-state index contributed by atoms with van der Waals surface area (Å²) in [6, 6.07) is 21.0. The van der Waals surface area contributed by atoms with Crippen LogP contribution in [0.2, 0.25) is 0 Å². The molecule has 0 radical (unpaired) electrons. The van der Waals surface area contributed by atoms with Gasteiger partial charge in [-0.1, -0.05) is 54.3 Å². The third kappa shape index (κ3) is 6.62. The van der Waals surface area contributed by atoms with Gasteiger partial charge >= 0.3 is 5.97 Å². The lowest BCUT2D eigenvalue weighted by Crippen LogP contribution is -2.47. The van der Waals surface area contributed by atoms with Gasteiger partial charge in [0.15, 0.2) is 23.9 Å². The van der Waals surface area contributed by atoms with Crippen LogP contribution >= 0.6 is 24.0 Å². The highest BCUT2D eigenvalue weighted by Crippen LogP contribution is 2.33. The first-order valence-corrected chi connectivity index (χ1v) is 15.4. The van der Waals surface area contributed by atoms with Crippen molar-refractivity contribution in [3.8, 4) is 11.5 Å². The summed E-state index contributed by atoms with van der Waals surface area (Å²) in [6.45, 7) is 3.77. The minimum absolute atomic E-state index is 0.0450. The first-order chi connectivity index (χ1) is 21.4. The van der Waals surface area contributed by atoms with Gasteiger partial charge in [0.1, 0.15) is 9.57 Å². The monoisotopic (exact) mass is 631 g/mol. The molecule has 3 aliphatic rings. The number of rotatable bonds is 8. The molecule has 12 heteroatoms. The van der Waals surface area contributed by atoms with Crippen LogP contribution in [0.15, 0.2) is 72.8 Å². The van der Waals surface area contributed by atoms with Crippen molar-refractivity contribution in [1.82, 2.24) is 9.80 Å². The molecule has 2 fully saturated rings. The SMILES string of the molecule is O=C(COC(=O)c1ccc(N2C(=O)CC(SC(=S)N3CCN(Cc4ccccc4)CC3)C2=O)cc1)c1ccc2c(c1)OCO2. The average Bonchev–Trinajstić information content (AvgIpc) is 3.63. The largest absolute Gasteiger partial charge is 0.454 e. The van der Waals surface area contributed by atoms with Crippen LogP contribution in [0.25, 0.3) is 0 Å². The Balaban J connectivity index is 0.988. The van der Waals surface area contributed by atoms with E-state index in [1.165, 1.54) is 41.6 Å². The molecular formula is C32H29N3O7S2. The van der Waals surface area contributed by atoms with Crippen LogP contribution in [0.3, 0.4) is 0 Å². The maximum Gasteiger partial charge on any atom is 0.338 e. The van der Waals surface area contributed by atoms with E-state index in [4.69, 9.17) is 26.4 Å². The van der Waals surface area contributed by atoms with Gasteiger partial charge in [0, 0.05) is 44.7 Å². The first-order valence-electron chi connectivity index (χ1n) is 14.1. The normalized spacial score (nSPS) is 18.0. The Morgan fingerprint density at radius 1 is 0.886 bits per heavy atom. The summed E-state index contributed by atoms with van der Waals surface area (Å²) in [5.74, 6) is -0.746. The fourth-order valence-corrected chi connectivity index (χ4v) is 6.75. The second kappa shape index (κ2) is 13.2. The number of anilines is 1. The average molecular weight is 632 g/mol. The number of thioether (sulfide) groups is 1. The van der Waals surface area contributed by atoms with Gasteiger partial charge in [-0.05, 0) is 48.0 Å². The quantitative estimate of drug-likeness (QED) is 0.156. The number of amides is 2. The van der Waals surface area contributed by atoms with E-state index in [0.717, 1.165) is 37.6 Å². The van der Waals surface area contributed by atoms with Crippen LogP contribution in [0.4, 0.5) is 5.69 Å². The maximum atomic E-state index is 13.2. The van der Waals surface area contributed by atoms with Crippen LogP contribution in [0.1, 0.15) is 32.7 Å². The minimum Gasteiger partial charge on any atom is -0.454 e. The number of carbonyl (C=O) groups excluding carboxylic acids is 4. The zero-order valence-electron chi connectivity index (χ0n) is 23.7. The lowest BCUT2D eigenvalue weighted by atomic mass is 10.1. The molecule has 1 atom stereocenters. The van der Waals surface area contributed by atoms with Gasteiger partial charge in [0.05, 0.1) is 11.3 Å². The molecule has 0 aliphatic carbocycles. The Morgan fingerprint density at radius 3 is 2.34 bits per heavy atom. The van der Waals surface area contributed by atoms with E-state index in [1.807, 2.05) is 18.2 Å². The van der Waals surface area contributed by atoms with E-state index in [0.29, 0.717) is 27.1 Å². The number of thiocarbonyl (C=S) groups is 1. The van der Waals surface area contributed by atoms with Gasteiger partial charge < -0.3 is 19.1 Å². The number of esters is 1. The van der Waals surface area contributed by atoms with Crippen molar-refractivity contribution in [2.45, 2.75) is 18.2 Å². The number of ether oxygens (including phenoxy) is 3. The number of ketones is 1. The molecule has 0 N–H and O–H groups in total. The molecule has 0 saturated carbocycles. The predicted octanol–water partition coefficient (Wildman–Crippen LogP) is 3.92. The van der Waals surface area contributed by atoms with Crippen molar-refractivity contribution < 1.29 is 33.4 Å². The fraction of sp³-hybridized carbons (Fsp3) is 0.281. The number of fused-ring (bicyclic) bond motifs is 1. The molecule has 0 spiro atoms. The fourth-order valence-electron chi connectivity index (χ4n) is 5.21. The Labute approximate surface area is 263 Å². The van der Waals surface area contributed by atoms with Gasteiger partial charge in [-0.25, -0.2) is 9.69 Å². The highest BCUT2D eigenvalue weighted by molar-refractivity contribution is 8.23. The molecule has 3 heterocycles. The number of nitrogens with zero attached hydrogens (tertiary/aromatic N) is 3. The summed E-state index contributed by atoms with van der Waals surface area (Å²) in [7, 11) is 0. The van der Waals surface area contributed by atoms with Crippen molar-refractivity contribution in [2.24, 2.45) is 0 Å². The third-order valence-electron chi connectivity index (χ3n) is 7.62. The summed E-state index contributed by atoms with van der Waals surface area (Å²) in [5, 5.41) is -0.607. The summed E-state index contributed by atoms with van der Waals surface area (Å²) in [6.07, 6.45) is 0.0450. The zero-order valence-corrected chi connectivity index (χ0v) is 25.3. The summed E-state index contributed by atoms with van der Waals surface area (Å²) < 4.78 is 16.3. The van der Waals surface area contributed by atoms with Crippen molar-refractivity contribution in [3.05, 3.63) is 89.5 Å². The lowest BCUT2D eigenvalue weighted by molar-refractivity contribution is -0.121. The minimum atomic E-state index is -0.702. The molecule has 226 valence electrons. The van der Waals surface area contributed by atoms with Crippen LogP contribution in [-0.2, 0) is 20.9 Å². The van der Waals surface area contributed by atoms with Gasteiger partial charge in [0.2, 0.25) is 18.6 Å². The standard InChI is InChI=1S/C32H29N3O7S2/c36-25(23-8-11-26-27(16-23)42-20-41-26)19-40-31(39)22-6-9-24(10-7-22)35-29(37)17-28(30(35)38)44-32(43)34-14-12-33(13-15-34)18-21-4-2-1-3-5-21/h1-11,16,28H,12-15,17-20H2. The Kier molecular flexibility index (Phi) is 8.91. The predicted molar refractivity (Wildman–Crippen MR) is 168 cm³/mol. The van der Waals surface area contributed by atoms with Crippen LogP contribution in [0.5, 0.6) is 11.5 Å². The molecule has 3 aromatic rings. The van der Waals surface area contributed by atoms with E-state index in [-0.39, 0.29) is 30.6 Å². The van der Waals surface area contributed by atoms with Gasteiger partial charge in [-0.15, -0.1) is 0 Å². The Morgan fingerprint density at radius 2 is 1.59 bits per heavy atom. The van der Waals surface area contributed by atoms with Crippen molar-refractivity contribution in [2.75, 3.05) is 44.5 Å². The van der Waals surface area contributed by atoms with Gasteiger partial charge in [-0.2, -0.15) is 0 Å². The van der Waals surface area contributed by atoms with Gasteiger partial charge in [0.25, 0.3) is 0 Å². The molecule has 44 heavy (non-hydrogen) atoms. The van der Waals surface area contributed by atoms with E-state index >= 15 is 0 Å². The van der Waals surface area contributed by atoms with E-state index in [1.54, 1.807) is 18.2 Å². The lowest BCUT2D eigenvalue weighted by Gasteiger charge is -2.36. The zero-order chi connectivity index (χ0) is 30.6. The molecule has 0 bridgehead atoms. The molecular weight excluding hydrogens is 603 g/mol. The van der Waals surface area contributed by atoms with Crippen LogP contribution in [0, 0.1) is 0 Å². The first kappa shape index (κ1) is 29.8. The van der Waals surface area contributed by atoms with Gasteiger partial charge in [-0.3, -0.25) is 19.3 Å². The highest BCUT2D eigenvalue weighted by Gasteiger charge is 2.41. The summed E-state index contributed by atoms with van der Waals surface area (Å²) >= 11 is 6.93.